The number of rotatable bonds is 0. The highest BCUT2D eigenvalue weighted by molar-refractivity contribution is 7.11. The second kappa shape index (κ2) is 3.18. The maximum Gasteiger partial charge on any atom is 0.468 e. The van der Waals surface area contributed by atoms with Crippen LogP contribution in [0.5, 0.6) is 0 Å². The van der Waals surface area contributed by atoms with E-state index in [-0.39, 0.29) is 10.7 Å². The second-order valence-electron chi connectivity index (χ2n) is 2.40. The molecule has 14 heavy (non-hydrogen) atoms. The molecule has 0 unspecified atom stereocenters. The average Bonchev–Trinajstić information content (AvgIpc) is 2.58. The van der Waals surface area contributed by atoms with E-state index in [9.17, 15) is 0 Å². The van der Waals surface area contributed by atoms with Crippen molar-refractivity contribution in [3.63, 3.8) is 0 Å². The SMILES string of the molecule is N#Cc1cc2c([N+]#N)snc2nc1Cl. The Kier molecular flexibility index (Phi) is 2.01. The Morgan fingerprint density at radius 2 is 2.36 bits per heavy atom. The van der Waals surface area contributed by atoms with Crippen LogP contribution in [-0.2, 0) is 0 Å². The summed E-state index contributed by atoms with van der Waals surface area (Å²) in [7, 11) is 0. The molecule has 2 rings (SSSR count). The van der Waals surface area contributed by atoms with Gasteiger partial charge in [-0.15, -0.1) is 0 Å². The summed E-state index contributed by atoms with van der Waals surface area (Å²) in [6.07, 6.45) is 0. The van der Waals surface area contributed by atoms with Crippen LogP contribution in [0.4, 0.5) is 5.00 Å². The Hall–Kier alpha value is -1.76. The van der Waals surface area contributed by atoms with E-state index in [2.05, 4.69) is 14.3 Å². The molecule has 66 valence electrons. The van der Waals surface area contributed by atoms with E-state index in [4.69, 9.17) is 22.3 Å². The number of pyridine rings is 1. The first-order valence-corrected chi connectivity index (χ1v) is 4.62. The molecule has 0 radical (unpaired) electrons. The van der Waals surface area contributed by atoms with Crippen molar-refractivity contribution in [1.29, 1.82) is 10.7 Å². The number of halogens is 1. The summed E-state index contributed by atoms with van der Waals surface area (Å²) in [6.45, 7) is 0. The number of nitriles is 1. The van der Waals surface area contributed by atoms with Gasteiger partial charge in [-0.3, -0.25) is 0 Å². The smallest absolute Gasteiger partial charge is 0.214 e. The van der Waals surface area contributed by atoms with Gasteiger partial charge >= 0.3 is 5.00 Å². The van der Waals surface area contributed by atoms with E-state index in [1.54, 1.807) is 0 Å². The third-order valence-electron chi connectivity index (χ3n) is 1.62. The number of hydrogen-bond donors (Lipinski definition) is 0. The van der Waals surface area contributed by atoms with Crippen LogP contribution in [0.2, 0.25) is 5.15 Å². The van der Waals surface area contributed by atoms with Crippen LogP contribution in [0.15, 0.2) is 6.07 Å². The van der Waals surface area contributed by atoms with Crippen molar-refractivity contribution in [3.05, 3.63) is 21.8 Å². The van der Waals surface area contributed by atoms with E-state index in [0.29, 0.717) is 16.0 Å². The molecule has 0 atom stereocenters. The Bertz CT molecular complexity index is 590. The van der Waals surface area contributed by atoms with Gasteiger partial charge in [0.15, 0.2) is 10.6 Å². The summed E-state index contributed by atoms with van der Waals surface area (Å²) in [6, 6.07) is 3.39. The van der Waals surface area contributed by atoms with Crippen LogP contribution in [0, 0.1) is 16.7 Å². The average molecular weight is 223 g/mol. The normalized spacial score (nSPS) is 9.64. The molecule has 2 aromatic heterocycles. The highest BCUT2D eigenvalue weighted by Gasteiger charge is 2.19. The van der Waals surface area contributed by atoms with Crippen LogP contribution >= 0.6 is 23.1 Å². The Morgan fingerprint density at radius 3 is 3.00 bits per heavy atom. The van der Waals surface area contributed by atoms with Gasteiger partial charge in [-0.25, -0.2) is 4.98 Å². The summed E-state index contributed by atoms with van der Waals surface area (Å²) in [4.78, 5) is 6.91. The predicted molar refractivity (Wildman–Crippen MR) is 51.9 cm³/mol. The lowest BCUT2D eigenvalue weighted by Crippen LogP contribution is -1.83. The monoisotopic (exact) mass is 222 g/mol. The largest absolute Gasteiger partial charge is 0.468 e. The van der Waals surface area contributed by atoms with Gasteiger partial charge in [0, 0.05) is 0 Å². The first-order chi connectivity index (χ1) is 6.76. The van der Waals surface area contributed by atoms with Crippen LogP contribution in [0.3, 0.4) is 0 Å². The molecule has 2 aromatic rings. The van der Waals surface area contributed by atoms with Crippen molar-refractivity contribution in [2.24, 2.45) is 0 Å². The molecule has 0 amide bonds. The fraction of sp³-hybridized carbons (Fsp3) is 0. The second-order valence-corrected chi connectivity index (χ2v) is 3.51. The zero-order valence-corrected chi connectivity index (χ0v) is 8.17. The molecule has 0 aliphatic rings. The Labute approximate surface area is 87.4 Å². The summed E-state index contributed by atoms with van der Waals surface area (Å²) in [5, 5.41) is 18.3. The van der Waals surface area contributed by atoms with Crippen molar-refractivity contribution in [2.75, 3.05) is 0 Å². The lowest BCUT2D eigenvalue weighted by molar-refractivity contribution is 1.34. The maximum atomic E-state index is 8.69. The number of fused-ring (bicyclic) bond motifs is 1. The summed E-state index contributed by atoms with van der Waals surface area (Å²) in [5.74, 6) is 0. The van der Waals surface area contributed by atoms with Gasteiger partial charge in [-0.05, 0) is 6.07 Å². The molecule has 0 saturated heterocycles. The minimum Gasteiger partial charge on any atom is -0.214 e. The van der Waals surface area contributed by atoms with Crippen LogP contribution in [0.25, 0.3) is 16.0 Å². The molecule has 0 spiro atoms. The van der Waals surface area contributed by atoms with Crippen molar-refractivity contribution in [3.8, 4) is 6.07 Å². The van der Waals surface area contributed by atoms with E-state index in [1.807, 2.05) is 6.07 Å². The van der Waals surface area contributed by atoms with Crippen molar-refractivity contribution in [2.45, 2.75) is 0 Å². The molecular weight excluding hydrogens is 222 g/mol. The minimum atomic E-state index is 0.106. The van der Waals surface area contributed by atoms with Gasteiger partial charge in [0.05, 0.1) is 17.1 Å². The molecule has 2 heterocycles. The summed E-state index contributed by atoms with van der Waals surface area (Å²) in [5.41, 5.74) is 0.621. The van der Waals surface area contributed by atoms with E-state index in [0.717, 1.165) is 11.5 Å². The quantitative estimate of drug-likeness (QED) is 0.507. The van der Waals surface area contributed by atoms with E-state index in [1.165, 1.54) is 6.07 Å². The Balaban J connectivity index is 2.87. The molecule has 0 saturated carbocycles. The lowest BCUT2D eigenvalue weighted by Gasteiger charge is -1.90. The molecule has 5 nitrogen and oxygen atoms in total. The van der Waals surface area contributed by atoms with Crippen LogP contribution in [-0.4, -0.2) is 9.36 Å². The van der Waals surface area contributed by atoms with Gasteiger partial charge in [-0.2, -0.15) is 9.64 Å². The van der Waals surface area contributed by atoms with Crippen molar-refractivity contribution < 1.29 is 0 Å². The third-order valence-corrected chi connectivity index (χ3v) is 2.64. The van der Waals surface area contributed by atoms with Gasteiger partial charge in [0.2, 0.25) is 5.39 Å². The van der Waals surface area contributed by atoms with Gasteiger partial charge < -0.3 is 0 Å². The number of hydrogen-bond acceptors (Lipinski definition) is 5. The molecule has 0 bridgehead atoms. The van der Waals surface area contributed by atoms with Gasteiger partial charge in [0.1, 0.15) is 16.6 Å². The fourth-order valence-corrected chi connectivity index (χ4v) is 1.77. The van der Waals surface area contributed by atoms with Gasteiger partial charge in [-0.1, -0.05) is 11.6 Å². The molecule has 0 aliphatic heterocycles. The molecular formula is C7HClN5S+. The van der Waals surface area contributed by atoms with Crippen molar-refractivity contribution in [1.82, 2.24) is 9.36 Å². The Morgan fingerprint density at radius 1 is 1.57 bits per heavy atom. The predicted octanol–water partition coefficient (Wildman–Crippen LogP) is 2.70. The zero-order chi connectivity index (χ0) is 10.1. The molecule has 7 heteroatoms. The number of aromatic nitrogens is 2. The third kappa shape index (κ3) is 1.18. The maximum absolute atomic E-state index is 8.69. The first-order valence-electron chi connectivity index (χ1n) is 3.47. The van der Waals surface area contributed by atoms with E-state index >= 15 is 0 Å². The highest BCUT2D eigenvalue weighted by Crippen LogP contribution is 2.31. The molecule has 0 fully saturated rings. The lowest BCUT2D eigenvalue weighted by atomic mass is 10.2. The van der Waals surface area contributed by atoms with Crippen molar-refractivity contribution >= 4 is 39.2 Å². The highest BCUT2D eigenvalue weighted by atomic mass is 35.5. The standard InChI is InChI=1S/C7HClN5S/c8-5-3(2-9)1-4-6(11-5)13-14-7(4)12-10/h1H/q+1. The molecule has 0 N–H and O–H groups in total. The van der Waals surface area contributed by atoms with E-state index < -0.39 is 0 Å². The molecule has 0 aromatic carbocycles. The van der Waals surface area contributed by atoms with Gasteiger partial charge in [0.25, 0.3) is 0 Å². The summed E-state index contributed by atoms with van der Waals surface area (Å²) >= 11 is 6.69. The van der Waals surface area contributed by atoms with Crippen LogP contribution in [0.1, 0.15) is 5.56 Å². The number of nitrogens with zero attached hydrogens (tertiary/aromatic N) is 5. The summed E-state index contributed by atoms with van der Waals surface area (Å²) < 4.78 is 3.91. The van der Waals surface area contributed by atoms with Crippen LogP contribution < -0.4 is 0 Å². The number of diazo groups is 1. The first kappa shape index (κ1) is 8.82. The fourth-order valence-electron chi connectivity index (χ4n) is 0.995. The molecule has 0 aliphatic carbocycles. The minimum absolute atomic E-state index is 0.106. The zero-order valence-electron chi connectivity index (χ0n) is 6.60. The topological polar surface area (TPSA) is 77.7 Å².